The highest BCUT2D eigenvalue weighted by molar-refractivity contribution is 6.03. The van der Waals surface area contributed by atoms with Crippen molar-refractivity contribution >= 4 is 22.6 Å². The molecule has 42 heavy (non-hydrogen) atoms. The third-order valence-corrected chi connectivity index (χ3v) is 8.12. The zero-order valence-electron chi connectivity index (χ0n) is 23.8. The van der Waals surface area contributed by atoms with E-state index in [1.807, 2.05) is 72.8 Å². The summed E-state index contributed by atoms with van der Waals surface area (Å²) < 4.78 is 13.1. The van der Waals surface area contributed by atoms with Gasteiger partial charge in [-0.15, -0.1) is 0 Å². The maximum atomic E-state index is 13.1. The van der Waals surface area contributed by atoms with Crippen LogP contribution in [0.15, 0.2) is 79.0 Å². The molecule has 1 amide bonds. The summed E-state index contributed by atoms with van der Waals surface area (Å²) in [6.07, 6.45) is 7.87. The molecule has 3 aromatic carbocycles. The van der Waals surface area contributed by atoms with E-state index in [9.17, 15) is 9.90 Å². The number of amides is 1. The van der Waals surface area contributed by atoms with Crippen LogP contribution in [0.2, 0.25) is 0 Å². The van der Waals surface area contributed by atoms with Crippen molar-refractivity contribution in [1.82, 2.24) is 14.9 Å². The Morgan fingerprint density at radius 3 is 2.43 bits per heavy atom. The van der Waals surface area contributed by atoms with Crippen LogP contribution < -0.4 is 5.32 Å². The first-order valence-corrected chi connectivity index (χ1v) is 15.0. The second-order valence-electron chi connectivity index (χ2n) is 11.2. The SMILES string of the molecule is O=C(Nc1cccc([C@@H]2O[C@H](CN3CCCCCCC3)C[C@H](c3ccc(CO)cc3)O2)c1)c1cnc2ccccc2n1. The average Bonchev–Trinajstić information content (AvgIpc) is 3.02. The Labute approximate surface area is 246 Å². The van der Waals surface area contributed by atoms with Crippen molar-refractivity contribution < 1.29 is 19.4 Å². The van der Waals surface area contributed by atoms with Crippen LogP contribution in [0.4, 0.5) is 5.69 Å². The lowest BCUT2D eigenvalue weighted by Gasteiger charge is -2.39. The molecule has 0 spiro atoms. The molecule has 3 atom stereocenters. The number of nitrogens with one attached hydrogen (secondary N) is 1. The predicted octanol–water partition coefficient (Wildman–Crippen LogP) is 6.19. The van der Waals surface area contributed by atoms with E-state index in [2.05, 4.69) is 20.2 Å². The van der Waals surface area contributed by atoms with Gasteiger partial charge in [0.1, 0.15) is 5.69 Å². The number of para-hydroxylation sites is 2. The highest BCUT2D eigenvalue weighted by Crippen LogP contribution is 2.39. The first-order chi connectivity index (χ1) is 20.6. The molecule has 2 aliphatic heterocycles. The largest absolute Gasteiger partial charge is 0.392 e. The van der Waals surface area contributed by atoms with Gasteiger partial charge in [-0.25, -0.2) is 4.98 Å². The second kappa shape index (κ2) is 13.5. The minimum atomic E-state index is -0.585. The van der Waals surface area contributed by atoms with Crippen LogP contribution in [0.3, 0.4) is 0 Å². The van der Waals surface area contributed by atoms with Gasteiger partial charge in [0, 0.05) is 24.2 Å². The number of rotatable bonds is 7. The third-order valence-electron chi connectivity index (χ3n) is 8.12. The van der Waals surface area contributed by atoms with Crippen LogP contribution in [0, 0.1) is 0 Å². The molecule has 0 unspecified atom stereocenters. The van der Waals surface area contributed by atoms with Gasteiger partial charge in [0.25, 0.3) is 5.91 Å². The molecule has 8 nitrogen and oxygen atoms in total. The van der Waals surface area contributed by atoms with Crippen LogP contribution in [0.5, 0.6) is 0 Å². The summed E-state index contributed by atoms with van der Waals surface area (Å²) >= 11 is 0. The number of carbonyl (C=O) groups is 1. The van der Waals surface area contributed by atoms with Gasteiger partial charge in [0.15, 0.2) is 6.29 Å². The van der Waals surface area contributed by atoms with Crippen LogP contribution >= 0.6 is 0 Å². The molecule has 2 N–H and O–H groups in total. The van der Waals surface area contributed by atoms with Crippen molar-refractivity contribution in [2.24, 2.45) is 0 Å². The molecule has 0 aliphatic carbocycles. The fourth-order valence-corrected chi connectivity index (χ4v) is 5.84. The topological polar surface area (TPSA) is 96.8 Å². The Kier molecular flexibility index (Phi) is 9.15. The number of aliphatic hydroxyl groups excluding tert-OH is 1. The number of carbonyl (C=O) groups excluding carboxylic acids is 1. The van der Waals surface area contributed by atoms with E-state index in [4.69, 9.17) is 9.47 Å². The fraction of sp³-hybridized carbons (Fsp3) is 0.382. The van der Waals surface area contributed by atoms with Gasteiger partial charge < -0.3 is 24.8 Å². The number of nitrogens with zero attached hydrogens (tertiary/aromatic N) is 3. The van der Waals surface area contributed by atoms with Gasteiger partial charge >= 0.3 is 0 Å². The molecule has 0 bridgehead atoms. The third kappa shape index (κ3) is 7.02. The summed E-state index contributed by atoms with van der Waals surface area (Å²) in [5, 5.41) is 12.5. The molecular formula is C34H38N4O4. The number of ether oxygens (including phenoxy) is 2. The Hall–Kier alpha value is -3.69. The molecule has 4 aromatic rings. The average molecular weight is 567 g/mol. The maximum Gasteiger partial charge on any atom is 0.275 e. The summed E-state index contributed by atoms with van der Waals surface area (Å²) in [5.41, 5.74) is 5.09. The normalized spacial score (nSPS) is 21.9. The van der Waals surface area contributed by atoms with E-state index in [-0.39, 0.29) is 30.4 Å². The quantitative estimate of drug-likeness (QED) is 0.276. The van der Waals surface area contributed by atoms with Crippen molar-refractivity contribution in [3.05, 3.63) is 101 Å². The van der Waals surface area contributed by atoms with Crippen molar-refractivity contribution in [2.75, 3.05) is 25.0 Å². The fourth-order valence-electron chi connectivity index (χ4n) is 5.84. The molecule has 1 aromatic heterocycles. The van der Waals surface area contributed by atoms with Crippen molar-refractivity contribution in [1.29, 1.82) is 0 Å². The number of aliphatic hydroxyl groups is 1. The van der Waals surface area contributed by atoms with E-state index in [0.29, 0.717) is 11.2 Å². The summed E-state index contributed by atoms with van der Waals surface area (Å²) in [6, 6.07) is 23.1. The summed E-state index contributed by atoms with van der Waals surface area (Å²) in [4.78, 5) is 24.4. The molecule has 2 fully saturated rings. The maximum absolute atomic E-state index is 13.1. The molecule has 6 rings (SSSR count). The lowest BCUT2D eigenvalue weighted by molar-refractivity contribution is -0.253. The number of hydrogen-bond acceptors (Lipinski definition) is 7. The van der Waals surface area contributed by atoms with Crippen LogP contribution in [0.1, 0.15) is 78.1 Å². The standard InChI is InChI=1S/C34H38N4O4/c39-23-24-13-15-25(16-14-24)32-20-28(22-38-17-6-2-1-3-7-18-38)41-34(42-32)26-9-8-10-27(19-26)36-33(40)31-21-35-29-11-4-5-12-30(29)37-31/h4-5,8-16,19,21,28,32,34,39H,1-3,6-7,17-18,20,22-23H2,(H,36,40)/t28-,32+,34+/m0/s1. The number of anilines is 1. The first-order valence-electron chi connectivity index (χ1n) is 15.0. The molecular weight excluding hydrogens is 528 g/mol. The molecule has 0 saturated carbocycles. The first kappa shape index (κ1) is 28.4. The van der Waals surface area contributed by atoms with Crippen LogP contribution in [-0.2, 0) is 16.1 Å². The number of fused-ring (bicyclic) bond motifs is 1. The van der Waals surface area contributed by atoms with E-state index in [1.54, 1.807) is 0 Å². The van der Waals surface area contributed by atoms with E-state index in [0.717, 1.165) is 48.3 Å². The van der Waals surface area contributed by atoms with Crippen LogP contribution in [-0.4, -0.2) is 51.6 Å². The summed E-state index contributed by atoms with van der Waals surface area (Å²) in [6.45, 7) is 3.07. The molecule has 2 saturated heterocycles. The van der Waals surface area contributed by atoms with Crippen LogP contribution in [0.25, 0.3) is 11.0 Å². The monoisotopic (exact) mass is 566 g/mol. The Bertz CT molecular complexity index is 1490. The number of benzene rings is 3. The van der Waals surface area contributed by atoms with Gasteiger partial charge in [0.2, 0.25) is 0 Å². The Morgan fingerprint density at radius 2 is 1.64 bits per heavy atom. The molecule has 8 heteroatoms. The Morgan fingerprint density at radius 1 is 0.881 bits per heavy atom. The lowest BCUT2D eigenvalue weighted by Crippen LogP contribution is -2.40. The predicted molar refractivity (Wildman–Crippen MR) is 162 cm³/mol. The van der Waals surface area contributed by atoms with E-state index >= 15 is 0 Å². The minimum Gasteiger partial charge on any atom is -0.392 e. The molecule has 0 radical (unpaired) electrons. The van der Waals surface area contributed by atoms with Gasteiger partial charge in [-0.2, -0.15) is 0 Å². The highest BCUT2D eigenvalue weighted by Gasteiger charge is 2.33. The summed E-state index contributed by atoms with van der Waals surface area (Å²) in [5.74, 6) is -0.326. The molecule has 3 heterocycles. The molecule has 2 aliphatic rings. The van der Waals surface area contributed by atoms with Gasteiger partial charge in [-0.05, 0) is 61.3 Å². The van der Waals surface area contributed by atoms with Crippen molar-refractivity contribution in [3.8, 4) is 0 Å². The Balaban J connectivity index is 1.20. The summed E-state index contributed by atoms with van der Waals surface area (Å²) in [7, 11) is 0. The number of likely N-dealkylation sites (tertiary alicyclic amines) is 1. The second-order valence-corrected chi connectivity index (χ2v) is 11.2. The smallest absolute Gasteiger partial charge is 0.275 e. The van der Waals surface area contributed by atoms with Gasteiger partial charge in [-0.1, -0.05) is 67.8 Å². The zero-order chi connectivity index (χ0) is 28.7. The van der Waals surface area contributed by atoms with Crippen molar-refractivity contribution in [3.63, 3.8) is 0 Å². The van der Waals surface area contributed by atoms with E-state index < -0.39 is 6.29 Å². The number of aromatic nitrogens is 2. The lowest BCUT2D eigenvalue weighted by atomic mass is 9.99. The minimum absolute atomic E-state index is 0.00295. The van der Waals surface area contributed by atoms with Gasteiger partial charge in [-0.3, -0.25) is 9.78 Å². The van der Waals surface area contributed by atoms with Gasteiger partial charge in [0.05, 0.1) is 36.0 Å². The number of hydrogen-bond donors (Lipinski definition) is 2. The molecule has 218 valence electrons. The highest BCUT2D eigenvalue weighted by atomic mass is 16.7. The zero-order valence-corrected chi connectivity index (χ0v) is 23.8. The van der Waals surface area contributed by atoms with Crippen molar-refractivity contribution in [2.45, 2.75) is 63.6 Å². The van der Waals surface area contributed by atoms with E-state index in [1.165, 1.54) is 38.3 Å².